The Labute approximate surface area is 148 Å². The van der Waals surface area contributed by atoms with Crippen LogP contribution in [-0.2, 0) is 4.79 Å². The molecule has 0 aliphatic heterocycles. The van der Waals surface area contributed by atoms with Gasteiger partial charge in [0.1, 0.15) is 24.0 Å². The van der Waals surface area contributed by atoms with Gasteiger partial charge in [0.15, 0.2) is 0 Å². The second-order valence-electron chi connectivity index (χ2n) is 4.63. The molecule has 0 saturated carbocycles. The first-order chi connectivity index (χ1) is 11.7. The van der Waals surface area contributed by atoms with Crippen LogP contribution in [0.3, 0.4) is 0 Å². The van der Waals surface area contributed by atoms with Crippen LogP contribution in [0.25, 0.3) is 6.08 Å². The van der Waals surface area contributed by atoms with Crippen molar-refractivity contribution >= 4 is 33.6 Å². The summed E-state index contributed by atoms with van der Waals surface area (Å²) < 4.78 is 6.15. The number of terminal acetylenes is 1. The van der Waals surface area contributed by atoms with Crippen molar-refractivity contribution in [1.82, 2.24) is 0 Å². The van der Waals surface area contributed by atoms with Gasteiger partial charge in [0.2, 0.25) is 0 Å². The van der Waals surface area contributed by atoms with Crippen LogP contribution in [0, 0.1) is 23.7 Å². The van der Waals surface area contributed by atoms with E-state index in [9.17, 15) is 10.1 Å². The Morgan fingerprint density at radius 2 is 1.96 bits per heavy atom. The van der Waals surface area contributed by atoms with Crippen LogP contribution in [0.2, 0.25) is 0 Å². The third-order valence-corrected chi connectivity index (χ3v) is 3.71. The van der Waals surface area contributed by atoms with E-state index in [0.717, 1.165) is 4.47 Å². The van der Waals surface area contributed by atoms with Crippen molar-refractivity contribution < 1.29 is 9.53 Å². The van der Waals surface area contributed by atoms with Crippen LogP contribution in [-0.4, -0.2) is 12.5 Å². The first-order valence-corrected chi connectivity index (χ1v) is 7.78. The van der Waals surface area contributed by atoms with Gasteiger partial charge >= 0.3 is 0 Å². The number of hydrogen-bond donors (Lipinski definition) is 1. The smallest absolute Gasteiger partial charge is 0.266 e. The van der Waals surface area contributed by atoms with Crippen molar-refractivity contribution in [2.75, 3.05) is 11.9 Å². The molecule has 0 unspecified atom stereocenters. The lowest BCUT2D eigenvalue weighted by Crippen LogP contribution is -2.13. The molecule has 0 heterocycles. The Bertz CT molecular complexity index is 860. The number of benzene rings is 2. The lowest BCUT2D eigenvalue weighted by Gasteiger charge is -2.08. The van der Waals surface area contributed by atoms with Crippen molar-refractivity contribution in [3.8, 4) is 24.2 Å². The van der Waals surface area contributed by atoms with Gasteiger partial charge in [-0.25, -0.2) is 0 Å². The van der Waals surface area contributed by atoms with E-state index in [0.29, 0.717) is 17.0 Å². The molecular weight excluding hydrogens is 368 g/mol. The fourth-order valence-electron chi connectivity index (χ4n) is 1.91. The van der Waals surface area contributed by atoms with Gasteiger partial charge in [-0.15, -0.1) is 6.42 Å². The molecule has 5 heteroatoms. The molecular formula is C19H13BrN2O2. The lowest BCUT2D eigenvalue weighted by atomic mass is 10.1. The zero-order chi connectivity index (χ0) is 17.4. The van der Waals surface area contributed by atoms with Crippen LogP contribution in [0.4, 0.5) is 5.69 Å². The molecule has 2 rings (SSSR count). The van der Waals surface area contributed by atoms with E-state index in [-0.39, 0.29) is 12.2 Å². The number of rotatable bonds is 5. The number of nitrogens with zero attached hydrogens (tertiary/aromatic N) is 1. The standard InChI is InChI=1S/C19H13BrN2O2/c1-2-11-24-18-10-6-3-7-14(18)12-15(13-21)19(23)22-17-9-5-4-8-16(17)20/h1,3-10,12H,11H2,(H,22,23)/b15-12-. The van der Waals surface area contributed by atoms with Gasteiger partial charge in [0.05, 0.1) is 5.69 Å². The number of hydrogen-bond acceptors (Lipinski definition) is 3. The molecule has 4 nitrogen and oxygen atoms in total. The highest BCUT2D eigenvalue weighted by Gasteiger charge is 2.12. The Kier molecular flexibility index (Phi) is 6.19. The number of carbonyl (C=O) groups is 1. The van der Waals surface area contributed by atoms with Crippen molar-refractivity contribution in [3.63, 3.8) is 0 Å². The quantitative estimate of drug-likeness (QED) is 0.484. The number of ether oxygens (including phenoxy) is 1. The van der Waals surface area contributed by atoms with Crippen molar-refractivity contribution in [2.45, 2.75) is 0 Å². The Hall–Kier alpha value is -3.02. The normalized spacial score (nSPS) is 10.4. The van der Waals surface area contributed by atoms with E-state index in [1.165, 1.54) is 6.08 Å². The summed E-state index contributed by atoms with van der Waals surface area (Å²) in [6.45, 7) is 0.107. The molecule has 2 aromatic carbocycles. The van der Waals surface area contributed by atoms with Crippen LogP contribution < -0.4 is 10.1 Å². The highest BCUT2D eigenvalue weighted by Crippen LogP contribution is 2.24. The molecule has 0 radical (unpaired) electrons. The number of carbonyl (C=O) groups excluding carboxylic acids is 1. The molecule has 0 fully saturated rings. The molecule has 2 aromatic rings. The molecule has 0 aliphatic carbocycles. The van der Waals surface area contributed by atoms with Gasteiger partial charge in [-0.3, -0.25) is 4.79 Å². The minimum atomic E-state index is -0.504. The Morgan fingerprint density at radius 3 is 2.67 bits per heavy atom. The van der Waals surface area contributed by atoms with Gasteiger partial charge in [0.25, 0.3) is 5.91 Å². The fraction of sp³-hybridized carbons (Fsp3) is 0.0526. The summed E-state index contributed by atoms with van der Waals surface area (Å²) in [4.78, 5) is 12.3. The monoisotopic (exact) mass is 380 g/mol. The number of nitriles is 1. The summed E-state index contributed by atoms with van der Waals surface area (Å²) in [6.07, 6.45) is 6.66. The summed E-state index contributed by atoms with van der Waals surface area (Å²) >= 11 is 3.35. The first kappa shape index (κ1) is 17.3. The number of para-hydroxylation sites is 2. The number of halogens is 1. The van der Waals surface area contributed by atoms with Crippen LogP contribution in [0.5, 0.6) is 5.75 Å². The van der Waals surface area contributed by atoms with E-state index in [1.54, 1.807) is 42.5 Å². The van der Waals surface area contributed by atoms with E-state index in [2.05, 4.69) is 27.2 Å². The maximum atomic E-state index is 12.3. The van der Waals surface area contributed by atoms with Crippen molar-refractivity contribution in [2.24, 2.45) is 0 Å². The zero-order valence-electron chi connectivity index (χ0n) is 12.6. The molecule has 1 amide bonds. The largest absolute Gasteiger partial charge is 0.480 e. The SMILES string of the molecule is C#CCOc1ccccc1/C=C(/C#N)C(=O)Nc1ccccc1Br. The molecule has 0 atom stereocenters. The van der Waals surface area contributed by atoms with Gasteiger partial charge in [-0.1, -0.05) is 36.3 Å². The summed E-state index contributed by atoms with van der Waals surface area (Å²) in [5, 5.41) is 12.0. The fourth-order valence-corrected chi connectivity index (χ4v) is 2.29. The molecule has 24 heavy (non-hydrogen) atoms. The van der Waals surface area contributed by atoms with Gasteiger partial charge < -0.3 is 10.1 Å². The second kappa shape index (κ2) is 8.57. The van der Waals surface area contributed by atoms with Crippen molar-refractivity contribution in [3.05, 3.63) is 64.1 Å². The third kappa shape index (κ3) is 4.49. The van der Waals surface area contributed by atoms with E-state index in [1.807, 2.05) is 12.1 Å². The number of amides is 1. The molecule has 1 N–H and O–H groups in total. The minimum absolute atomic E-state index is 0.0393. The van der Waals surface area contributed by atoms with E-state index in [4.69, 9.17) is 11.2 Å². The average Bonchev–Trinajstić information content (AvgIpc) is 2.60. The van der Waals surface area contributed by atoms with Crippen molar-refractivity contribution in [1.29, 1.82) is 5.26 Å². The molecule has 118 valence electrons. The predicted molar refractivity (Wildman–Crippen MR) is 97.1 cm³/mol. The summed E-state index contributed by atoms with van der Waals surface area (Å²) in [5.74, 6) is 2.39. The van der Waals surface area contributed by atoms with Crippen LogP contribution >= 0.6 is 15.9 Å². The average molecular weight is 381 g/mol. The molecule has 0 aromatic heterocycles. The highest BCUT2D eigenvalue weighted by molar-refractivity contribution is 9.10. The maximum Gasteiger partial charge on any atom is 0.266 e. The van der Waals surface area contributed by atoms with E-state index < -0.39 is 5.91 Å². The first-order valence-electron chi connectivity index (χ1n) is 6.98. The van der Waals surface area contributed by atoms with Crippen LogP contribution in [0.1, 0.15) is 5.56 Å². The molecule has 0 bridgehead atoms. The highest BCUT2D eigenvalue weighted by atomic mass is 79.9. The van der Waals surface area contributed by atoms with Crippen LogP contribution in [0.15, 0.2) is 58.6 Å². The summed E-state index contributed by atoms with van der Waals surface area (Å²) in [5.41, 5.74) is 1.15. The Balaban J connectivity index is 2.27. The topological polar surface area (TPSA) is 62.1 Å². The minimum Gasteiger partial charge on any atom is -0.480 e. The number of anilines is 1. The molecule has 0 saturated heterocycles. The van der Waals surface area contributed by atoms with Gasteiger partial charge in [0, 0.05) is 10.0 Å². The van der Waals surface area contributed by atoms with Gasteiger partial charge in [-0.05, 0) is 40.2 Å². The summed E-state index contributed by atoms with van der Waals surface area (Å²) in [6, 6.07) is 16.1. The lowest BCUT2D eigenvalue weighted by molar-refractivity contribution is -0.112. The van der Waals surface area contributed by atoms with E-state index >= 15 is 0 Å². The Morgan fingerprint density at radius 1 is 1.25 bits per heavy atom. The maximum absolute atomic E-state index is 12.3. The summed E-state index contributed by atoms with van der Waals surface area (Å²) in [7, 11) is 0. The molecule has 0 spiro atoms. The zero-order valence-corrected chi connectivity index (χ0v) is 14.2. The second-order valence-corrected chi connectivity index (χ2v) is 5.49. The third-order valence-electron chi connectivity index (χ3n) is 3.02. The van der Waals surface area contributed by atoms with Gasteiger partial charge in [-0.2, -0.15) is 5.26 Å². The number of nitrogens with one attached hydrogen (secondary N) is 1. The molecule has 0 aliphatic rings. The predicted octanol–water partition coefficient (Wildman–Crippen LogP) is 4.01.